The van der Waals surface area contributed by atoms with Crippen molar-refractivity contribution in [2.75, 3.05) is 20.1 Å². The normalized spacial score (nSPS) is 21.7. The first kappa shape index (κ1) is 18.1. The Kier molecular flexibility index (Phi) is 5.20. The number of carbonyl (C=O) groups excluding carboxylic acids is 1. The van der Waals surface area contributed by atoms with E-state index in [1.807, 2.05) is 35.0 Å². The Morgan fingerprint density at radius 3 is 3.00 bits per heavy atom. The van der Waals surface area contributed by atoms with Crippen LogP contribution >= 0.6 is 0 Å². The second kappa shape index (κ2) is 7.76. The number of hydrogen-bond donors (Lipinski definition) is 0. The maximum atomic E-state index is 12.7. The van der Waals surface area contributed by atoms with Gasteiger partial charge < -0.3 is 4.90 Å². The fraction of sp³-hybridized carbons (Fsp3) is 0.600. The highest BCUT2D eigenvalue weighted by Crippen LogP contribution is 2.28. The Morgan fingerprint density at radius 2 is 2.22 bits per heavy atom. The molecule has 0 radical (unpaired) electrons. The van der Waals surface area contributed by atoms with Gasteiger partial charge >= 0.3 is 0 Å². The van der Waals surface area contributed by atoms with Crippen LogP contribution in [-0.2, 0) is 17.8 Å². The van der Waals surface area contributed by atoms with Crippen molar-refractivity contribution >= 4 is 5.91 Å². The van der Waals surface area contributed by atoms with Crippen LogP contribution in [-0.4, -0.2) is 55.6 Å². The van der Waals surface area contributed by atoms with Gasteiger partial charge in [-0.2, -0.15) is 5.10 Å². The molecule has 0 aromatic carbocycles. The number of carbonyl (C=O) groups is 1. The molecule has 2 aliphatic heterocycles. The molecular formula is C20H28N6O. The number of piperidine rings is 1. The number of fused-ring (bicyclic) bond motifs is 1. The van der Waals surface area contributed by atoms with E-state index >= 15 is 0 Å². The van der Waals surface area contributed by atoms with Crippen LogP contribution in [0.2, 0.25) is 0 Å². The van der Waals surface area contributed by atoms with Crippen LogP contribution in [0.3, 0.4) is 0 Å². The van der Waals surface area contributed by atoms with Crippen LogP contribution in [0.1, 0.15) is 61.8 Å². The molecule has 4 rings (SSSR count). The summed E-state index contributed by atoms with van der Waals surface area (Å²) in [5, 5.41) is 4.23. The van der Waals surface area contributed by atoms with Gasteiger partial charge in [0.1, 0.15) is 5.82 Å². The van der Waals surface area contributed by atoms with Crippen LogP contribution in [0.25, 0.3) is 0 Å². The molecule has 0 bridgehead atoms. The molecule has 1 amide bonds. The number of rotatable bonds is 4. The van der Waals surface area contributed by atoms with Crippen molar-refractivity contribution in [3.8, 4) is 0 Å². The summed E-state index contributed by atoms with van der Waals surface area (Å²) in [6.07, 6.45) is 10.5. The fourth-order valence-corrected chi connectivity index (χ4v) is 4.12. The van der Waals surface area contributed by atoms with Gasteiger partial charge in [0.15, 0.2) is 0 Å². The zero-order chi connectivity index (χ0) is 18.8. The molecule has 1 fully saturated rings. The summed E-state index contributed by atoms with van der Waals surface area (Å²) < 4.78 is 1.84. The first-order valence-corrected chi connectivity index (χ1v) is 9.93. The quantitative estimate of drug-likeness (QED) is 0.829. The Balaban J connectivity index is 1.42. The van der Waals surface area contributed by atoms with E-state index < -0.39 is 0 Å². The lowest BCUT2D eigenvalue weighted by Crippen LogP contribution is -2.38. The van der Waals surface area contributed by atoms with Gasteiger partial charge in [-0.25, -0.2) is 9.97 Å². The van der Waals surface area contributed by atoms with Gasteiger partial charge in [-0.3, -0.25) is 14.4 Å². The summed E-state index contributed by atoms with van der Waals surface area (Å²) in [5.74, 6) is 1.11. The van der Waals surface area contributed by atoms with E-state index in [1.165, 1.54) is 12.8 Å². The maximum Gasteiger partial charge on any atom is 0.225 e. The van der Waals surface area contributed by atoms with E-state index in [0.717, 1.165) is 43.0 Å². The zero-order valence-corrected chi connectivity index (χ0v) is 16.2. The Bertz CT molecular complexity index is 790. The van der Waals surface area contributed by atoms with Gasteiger partial charge in [0, 0.05) is 50.1 Å². The average molecular weight is 368 g/mol. The van der Waals surface area contributed by atoms with Crippen molar-refractivity contribution in [1.82, 2.24) is 29.5 Å². The highest BCUT2D eigenvalue weighted by molar-refractivity contribution is 5.76. The van der Waals surface area contributed by atoms with Crippen LogP contribution in [0.4, 0.5) is 0 Å². The highest BCUT2D eigenvalue weighted by atomic mass is 16.2. The minimum Gasteiger partial charge on any atom is -0.338 e. The molecule has 0 N–H and O–H groups in total. The molecule has 0 saturated carbocycles. The largest absolute Gasteiger partial charge is 0.338 e. The third-order valence-electron chi connectivity index (χ3n) is 5.82. The van der Waals surface area contributed by atoms with Crippen LogP contribution < -0.4 is 0 Å². The smallest absolute Gasteiger partial charge is 0.225 e. The SMILES string of the molecule is C[C@@H](CC(=O)N1CCc2nc([C@@H]3CCCCN3C)ncc2C1)n1cccn1. The molecule has 144 valence electrons. The molecule has 7 nitrogen and oxygen atoms in total. The first-order valence-electron chi connectivity index (χ1n) is 9.93. The monoisotopic (exact) mass is 368 g/mol. The van der Waals surface area contributed by atoms with Gasteiger partial charge in [-0.05, 0) is 39.4 Å². The minimum atomic E-state index is 0.0642. The lowest BCUT2D eigenvalue weighted by atomic mass is 10.0. The van der Waals surface area contributed by atoms with Crippen LogP contribution in [0, 0.1) is 0 Å². The molecule has 2 aromatic rings. The van der Waals surface area contributed by atoms with E-state index in [1.54, 1.807) is 6.20 Å². The fourth-order valence-electron chi connectivity index (χ4n) is 4.12. The number of nitrogens with zero attached hydrogens (tertiary/aromatic N) is 6. The lowest BCUT2D eigenvalue weighted by molar-refractivity contribution is -0.132. The van der Waals surface area contributed by atoms with E-state index in [4.69, 9.17) is 4.98 Å². The molecule has 2 aliphatic rings. The van der Waals surface area contributed by atoms with Crippen molar-refractivity contribution in [2.45, 2.75) is 57.7 Å². The second-order valence-electron chi connectivity index (χ2n) is 7.80. The van der Waals surface area contributed by atoms with Gasteiger partial charge in [0.05, 0.1) is 17.8 Å². The summed E-state index contributed by atoms with van der Waals surface area (Å²) >= 11 is 0. The second-order valence-corrected chi connectivity index (χ2v) is 7.80. The molecule has 2 aromatic heterocycles. The zero-order valence-electron chi connectivity index (χ0n) is 16.2. The standard InChI is InChI=1S/C20H28N6O/c1-15(26-10-5-8-22-26)12-19(27)25-11-7-17-16(14-25)13-21-20(23-17)18-6-3-4-9-24(18)2/h5,8,10,13,15,18H,3-4,6-7,9,11-12,14H2,1-2H3/t15-,18-/m0/s1. The number of aromatic nitrogens is 4. The summed E-state index contributed by atoms with van der Waals surface area (Å²) in [6.45, 7) is 4.48. The molecule has 0 spiro atoms. The highest BCUT2D eigenvalue weighted by Gasteiger charge is 2.27. The van der Waals surface area contributed by atoms with E-state index in [0.29, 0.717) is 19.0 Å². The van der Waals surface area contributed by atoms with Gasteiger partial charge in [0.25, 0.3) is 0 Å². The van der Waals surface area contributed by atoms with Crippen LogP contribution in [0.5, 0.6) is 0 Å². The minimum absolute atomic E-state index is 0.0642. The Labute approximate surface area is 160 Å². The van der Waals surface area contributed by atoms with Crippen molar-refractivity contribution in [3.63, 3.8) is 0 Å². The summed E-state index contributed by atoms with van der Waals surface area (Å²) in [5.41, 5.74) is 2.20. The predicted molar refractivity (Wildman–Crippen MR) is 102 cm³/mol. The Hall–Kier alpha value is -2.28. The molecule has 1 saturated heterocycles. The average Bonchev–Trinajstić information content (AvgIpc) is 3.22. The van der Waals surface area contributed by atoms with E-state index in [2.05, 4.69) is 22.0 Å². The molecule has 0 unspecified atom stereocenters. The van der Waals surface area contributed by atoms with Gasteiger partial charge in [0.2, 0.25) is 5.91 Å². The molecule has 0 aliphatic carbocycles. The number of amides is 1. The summed E-state index contributed by atoms with van der Waals surface area (Å²) in [4.78, 5) is 26.5. The molecule has 4 heterocycles. The topological polar surface area (TPSA) is 67.2 Å². The van der Waals surface area contributed by atoms with Crippen molar-refractivity contribution in [2.24, 2.45) is 0 Å². The molecule has 2 atom stereocenters. The summed E-state index contributed by atoms with van der Waals surface area (Å²) in [6, 6.07) is 2.28. The number of likely N-dealkylation sites (tertiary alicyclic amines) is 1. The summed E-state index contributed by atoms with van der Waals surface area (Å²) in [7, 11) is 2.16. The van der Waals surface area contributed by atoms with E-state index in [-0.39, 0.29) is 11.9 Å². The molecule has 27 heavy (non-hydrogen) atoms. The van der Waals surface area contributed by atoms with E-state index in [9.17, 15) is 4.79 Å². The molecule has 7 heteroatoms. The van der Waals surface area contributed by atoms with Crippen molar-refractivity contribution < 1.29 is 4.79 Å². The number of hydrogen-bond acceptors (Lipinski definition) is 5. The van der Waals surface area contributed by atoms with Crippen LogP contribution in [0.15, 0.2) is 24.7 Å². The predicted octanol–water partition coefficient (Wildman–Crippen LogP) is 2.37. The third-order valence-corrected chi connectivity index (χ3v) is 5.82. The van der Waals surface area contributed by atoms with Crippen molar-refractivity contribution in [3.05, 3.63) is 41.7 Å². The van der Waals surface area contributed by atoms with Gasteiger partial charge in [-0.1, -0.05) is 6.42 Å². The van der Waals surface area contributed by atoms with Crippen molar-refractivity contribution in [1.29, 1.82) is 0 Å². The third kappa shape index (κ3) is 3.88. The first-order chi connectivity index (χ1) is 13.1. The maximum absolute atomic E-state index is 12.7. The lowest BCUT2D eigenvalue weighted by Gasteiger charge is -2.33. The molecular weight excluding hydrogens is 340 g/mol. The Morgan fingerprint density at radius 1 is 1.33 bits per heavy atom. The van der Waals surface area contributed by atoms with Gasteiger partial charge in [-0.15, -0.1) is 0 Å².